The molecular weight excluding hydrogens is 220 g/mol. The lowest BCUT2D eigenvalue weighted by atomic mass is 9.90. The van der Waals surface area contributed by atoms with Crippen molar-refractivity contribution < 1.29 is 4.74 Å². The van der Waals surface area contributed by atoms with E-state index in [1.54, 1.807) is 7.11 Å². The van der Waals surface area contributed by atoms with Crippen molar-refractivity contribution in [1.29, 1.82) is 0 Å². The highest BCUT2D eigenvalue weighted by atomic mass is 35.5. The van der Waals surface area contributed by atoms with Crippen molar-refractivity contribution in [2.45, 2.75) is 43.4 Å². The van der Waals surface area contributed by atoms with Crippen LogP contribution in [0, 0.1) is 0 Å². The second-order valence-electron chi connectivity index (χ2n) is 4.50. The minimum atomic E-state index is 0.263. The Morgan fingerprint density at radius 3 is 2.69 bits per heavy atom. The van der Waals surface area contributed by atoms with Gasteiger partial charge in [0.1, 0.15) is 5.75 Å². The lowest BCUT2D eigenvalue weighted by molar-refractivity contribution is 0.402. The van der Waals surface area contributed by atoms with Gasteiger partial charge in [-0.15, -0.1) is 11.6 Å². The molecule has 1 nitrogen and oxygen atoms in total. The van der Waals surface area contributed by atoms with Gasteiger partial charge >= 0.3 is 0 Å². The fraction of sp³-hybridized carbons (Fsp3) is 0.571. The number of halogens is 1. The summed E-state index contributed by atoms with van der Waals surface area (Å²) < 4.78 is 5.43. The maximum atomic E-state index is 6.50. The summed E-state index contributed by atoms with van der Waals surface area (Å²) in [5.41, 5.74) is 1.28. The van der Waals surface area contributed by atoms with E-state index < -0.39 is 0 Å². The molecule has 0 aromatic heterocycles. The maximum Gasteiger partial charge on any atom is 0.122 e. The largest absolute Gasteiger partial charge is 0.496 e. The summed E-state index contributed by atoms with van der Waals surface area (Å²) in [4.78, 5) is 0. The first kappa shape index (κ1) is 11.8. The number of benzene rings is 1. The van der Waals surface area contributed by atoms with Crippen LogP contribution in [0.1, 0.15) is 43.6 Å². The Bertz CT molecular complexity index is 337. The summed E-state index contributed by atoms with van der Waals surface area (Å²) >= 11 is 6.50. The van der Waals surface area contributed by atoms with Gasteiger partial charge in [-0.25, -0.2) is 0 Å². The van der Waals surface area contributed by atoms with Gasteiger partial charge in [0.15, 0.2) is 0 Å². The molecule has 0 N–H and O–H groups in total. The second kappa shape index (κ2) is 5.58. The Kier molecular flexibility index (Phi) is 4.11. The Labute approximate surface area is 103 Å². The molecule has 1 aliphatic rings. The molecule has 0 saturated heterocycles. The lowest BCUT2D eigenvalue weighted by Crippen LogP contribution is -2.12. The van der Waals surface area contributed by atoms with Crippen LogP contribution in [0.25, 0.3) is 0 Å². The smallest absolute Gasteiger partial charge is 0.122 e. The zero-order valence-electron chi connectivity index (χ0n) is 9.79. The van der Waals surface area contributed by atoms with Crippen molar-refractivity contribution in [2.75, 3.05) is 7.11 Å². The lowest BCUT2D eigenvalue weighted by Gasteiger charge is -2.22. The monoisotopic (exact) mass is 238 g/mol. The number of ether oxygens (including phenoxy) is 1. The quantitative estimate of drug-likeness (QED) is 0.550. The molecule has 2 heteroatoms. The third-order valence-electron chi connectivity index (χ3n) is 3.47. The van der Waals surface area contributed by atoms with Crippen LogP contribution >= 0.6 is 11.6 Å². The molecule has 0 bridgehead atoms. The number of hydrogen-bond donors (Lipinski definition) is 0. The Hall–Kier alpha value is -0.690. The highest BCUT2D eigenvalue weighted by Gasteiger charge is 2.25. The van der Waals surface area contributed by atoms with Crippen LogP contribution < -0.4 is 4.74 Å². The zero-order valence-corrected chi connectivity index (χ0v) is 10.5. The molecule has 1 fully saturated rings. The Balaban J connectivity index is 2.26. The van der Waals surface area contributed by atoms with E-state index in [9.17, 15) is 0 Å². The molecule has 0 radical (unpaired) electrons. The van der Waals surface area contributed by atoms with Gasteiger partial charge in [-0.05, 0) is 24.5 Å². The number of alkyl halides is 1. The first-order valence-corrected chi connectivity index (χ1v) is 6.53. The van der Waals surface area contributed by atoms with E-state index in [2.05, 4.69) is 12.1 Å². The second-order valence-corrected chi connectivity index (χ2v) is 5.06. The summed E-state index contributed by atoms with van der Waals surface area (Å²) in [6, 6.07) is 8.28. The number of rotatable bonds is 2. The van der Waals surface area contributed by atoms with Gasteiger partial charge in [0.25, 0.3) is 0 Å². The van der Waals surface area contributed by atoms with Gasteiger partial charge in [-0.3, -0.25) is 0 Å². The topological polar surface area (TPSA) is 9.23 Å². The fourth-order valence-corrected chi connectivity index (χ4v) is 3.00. The molecule has 1 aliphatic carbocycles. The molecular formula is C14H19ClO. The Morgan fingerprint density at radius 2 is 1.88 bits per heavy atom. The van der Waals surface area contributed by atoms with Gasteiger partial charge in [-0.2, -0.15) is 0 Å². The molecule has 1 aromatic rings. The van der Waals surface area contributed by atoms with E-state index in [-0.39, 0.29) is 5.38 Å². The van der Waals surface area contributed by atoms with Gasteiger partial charge in [0, 0.05) is 11.3 Å². The van der Waals surface area contributed by atoms with Crippen molar-refractivity contribution in [3.05, 3.63) is 29.8 Å². The summed E-state index contributed by atoms with van der Waals surface area (Å²) in [7, 11) is 1.73. The molecule has 1 saturated carbocycles. The van der Waals surface area contributed by atoms with Crippen molar-refractivity contribution in [1.82, 2.24) is 0 Å². The van der Waals surface area contributed by atoms with Crippen LogP contribution in [0.3, 0.4) is 0 Å². The Morgan fingerprint density at radius 1 is 1.12 bits per heavy atom. The third kappa shape index (κ3) is 2.52. The summed E-state index contributed by atoms with van der Waals surface area (Å²) in [6.07, 6.45) is 6.18. The van der Waals surface area contributed by atoms with Crippen LogP contribution in [0.4, 0.5) is 0 Å². The summed E-state index contributed by atoms with van der Waals surface area (Å²) in [5, 5.41) is 0.263. The van der Waals surface area contributed by atoms with Crippen molar-refractivity contribution in [2.24, 2.45) is 0 Å². The van der Waals surface area contributed by atoms with Gasteiger partial charge < -0.3 is 4.74 Å². The van der Waals surface area contributed by atoms with Crippen LogP contribution in [-0.4, -0.2) is 12.5 Å². The van der Waals surface area contributed by atoms with E-state index in [1.807, 2.05) is 12.1 Å². The van der Waals surface area contributed by atoms with Crippen molar-refractivity contribution in [3.63, 3.8) is 0 Å². The van der Waals surface area contributed by atoms with Crippen LogP contribution in [0.15, 0.2) is 24.3 Å². The minimum absolute atomic E-state index is 0.263. The minimum Gasteiger partial charge on any atom is -0.496 e. The average Bonchev–Trinajstić information content (AvgIpc) is 2.54. The number of para-hydroxylation sites is 1. The van der Waals surface area contributed by atoms with Crippen molar-refractivity contribution in [3.8, 4) is 5.75 Å². The van der Waals surface area contributed by atoms with Gasteiger partial charge in [0.05, 0.1) is 7.11 Å². The van der Waals surface area contributed by atoms with E-state index >= 15 is 0 Å². The maximum absolute atomic E-state index is 6.50. The zero-order chi connectivity index (χ0) is 11.4. The number of hydrogen-bond acceptors (Lipinski definition) is 1. The normalized spacial score (nSPS) is 26.1. The molecule has 2 atom stereocenters. The molecule has 2 unspecified atom stereocenters. The number of methoxy groups -OCH3 is 1. The van der Waals surface area contributed by atoms with Crippen LogP contribution in [0.5, 0.6) is 5.75 Å². The standard InChI is InChI=1S/C14H19ClO/c1-16-14-10-6-5-8-12(14)11-7-3-2-4-9-13(11)15/h5-6,8,10-11,13H,2-4,7,9H2,1H3. The van der Waals surface area contributed by atoms with E-state index in [4.69, 9.17) is 16.3 Å². The van der Waals surface area contributed by atoms with Crippen molar-refractivity contribution >= 4 is 11.6 Å². The molecule has 88 valence electrons. The SMILES string of the molecule is COc1ccccc1C1CCCCCC1Cl. The predicted molar refractivity (Wildman–Crippen MR) is 68.5 cm³/mol. The highest BCUT2D eigenvalue weighted by molar-refractivity contribution is 6.21. The van der Waals surface area contributed by atoms with E-state index in [0.29, 0.717) is 5.92 Å². The molecule has 0 heterocycles. The molecule has 16 heavy (non-hydrogen) atoms. The molecule has 0 amide bonds. The molecule has 2 rings (SSSR count). The van der Waals surface area contributed by atoms with Gasteiger partial charge in [-0.1, -0.05) is 37.5 Å². The fourth-order valence-electron chi connectivity index (χ4n) is 2.59. The molecule has 1 aromatic carbocycles. The highest BCUT2D eigenvalue weighted by Crippen LogP contribution is 2.39. The van der Waals surface area contributed by atoms with Crippen LogP contribution in [-0.2, 0) is 0 Å². The third-order valence-corrected chi connectivity index (χ3v) is 3.99. The average molecular weight is 239 g/mol. The van der Waals surface area contributed by atoms with Crippen LogP contribution in [0.2, 0.25) is 0 Å². The first-order valence-electron chi connectivity index (χ1n) is 6.10. The summed E-state index contributed by atoms with van der Waals surface area (Å²) in [6.45, 7) is 0. The molecule has 0 aliphatic heterocycles. The van der Waals surface area contributed by atoms with E-state index in [1.165, 1.54) is 31.2 Å². The van der Waals surface area contributed by atoms with E-state index in [0.717, 1.165) is 12.2 Å². The predicted octanol–water partition coefficient (Wildman–Crippen LogP) is 4.35. The summed E-state index contributed by atoms with van der Waals surface area (Å²) in [5.74, 6) is 1.44. The first-order chi connectivity index (χ1) is 7.83. The molecule has 0 spiro atoms. The van der Waals surface area contributed by atoms with Gasteiger partial charge in [0.2, 0.25) is 0 Å².